The number of amides is 2. The van der Waals surface area contributed by atoms with Crippen molar-refractivity contribution in [1.82, 2.24) is 10.2 Å². The minimum atomic E-state index is -1.06. The van der Waals surface area contributed by atoms with Gasteiger partial charge in [0.05, 0.1) is 7.11 Å². The van der Waals surface area contributed by atoms with Crippen LogP contribution in [0.1, 0.15) is 40.5 Å². The minimum absolute atomic E-state index is 0.155. The highest BCUT2D eigenvalue weighted by Crippen LogP contribution is 2.45. The first kappa shape index (κ1) is 19.3. The van der Waals surface area contributed by atoms with Gasteiger partial charge in [0.25, 0.3) is 0 Å². The predicted molar refractivity (Wildman–Crippen MR) is 91.7 cm³/mol. The third-order valence-corrected chi connectivity index (χ3v) is 4.64. The Hall–Kier alpha value is -2.05. The molecule has 1 heterocycles. The fourth-order valence-corrected chi connectivity index (χ4v) is 3.30. The number of carbonyl (C=O) groups is 3. The van der Waals surface area contributed by atoms with Gasteiger partial charge in [0.15, 0.2) is 0 Å². The highest BCUT2D eigenvalue weighted by Gasteiger charge is 2.61. The molecule has 1 saturated heterocycles. The fourth-order valence-electron chi connectivity index (χ4n) is 3.30. The summed E-state index contributed by atoms with van der Waals surface area (Å²) in [7, 11) is 1.29. The lowest BCUT2D eigenvalue weighted by atomic mass is 10.1. The molecular weight excluding hydrogens is 324 g/mol. The molecule has 1 N–H and O–H groups in total. The van der Waals surface area contributed by atoms with Gasteiger partial charge in [-0.2, -0.15) is 0 Å². The standard InChI is InChI=1S/C18H28N2O5/c1-7-12-9-18(12,15(22)24-6)19-14(21)13-8-11(2)10-20(13)16(23)25-17(3,4)5/h7,11-13H,1,8-10H2,2-6H3,(H,19,21)/t11-,12?,13+,18?/m1/s1. The molecule has 4 atom stereocenters. The van der Waals surface area contributed by atoms with Crippen molar-refractivity contribution < 1.29 is 23.9 Å². The van der Waals surface area contributed by atoms with Crippen LogP contribution in [-0.2, 0) is 19.1 Å². The highest BCUT2D eigenvalue weighted by atomic mass is 16.6. The van der Waals surface area contributed by atoms with Crippen LogP contribution in [-0.4, -0.2) is 53.7 Å². The summed E-state index contributed by atoms with van der Waals surface area (Å²) in [6, 6.07) is -0.655. The second-order valence-electron chi connectivity index (χ2n) is 7.99. The third kappa shape index (κ3) is 3.96. The summed E-state index contributed by atoms with van der Waals surface area (Å²) in [5.41, 5.74) is -1.69. The predicted octanol–water partition coefficient (Wildman–Crippen LogP) is 1.87. The largest absolute Gasteiger partial charge is 0.467 e. The molecule has 2 amide bonds. The normalized spacial score (nSPS) is 31.2. The van der Waals surface area contributed by atoms with Crippen LogP contribution in [0.2, 0.25) is 0 Å². The first-order valence-corrected chi connectivity index (χ1v) is 8.56. The van der Waals surface area contributed by atoms with Gasteiger partial charge in [-0.3, -0.25) is 9.69 Å². The lowest BCUT2D eigenvalue weighted by molar-refractivity contribution is -0.147. The van der Waals surface area contributed by atoms with Crippen LogP contribution in [0.25, 0.3) is 0 Å². The molecule has 2 aliphatic rings. The number of hydrogen-bond acceptors (Lipinski definition) is 5. The minimum Gasteiger partial charge on any atom is -0.467 e. The van der Waals surface area contributed by atoms with Crippen molar-refractivity contribution >= 4 is 18.0 Å². The lowest BCUT2D eigenvalue weighted by Crippen LogP contribution is -2.53. The number of nitrogens with one attached hydrogen (secondary N) is 1. The van der Waals surface area contributed by atoms with Crippen LogP contribution >= 0.6 is 0 Å². The van der Waals surface area contributed by atoms with E-state index >= 15 is 0 Å². The molecule has 7 heteroatoms. The summed E-state index contributed by atoms with van der Waals surface area (Å²) < 4.78 is 10.2. The van der Waals surface area contributed by atoms with Gasteiger partial charge in [-0.1, -0.05) is 13.0 Å². The zero-order chi connectivity index (χ0) is 19.0. The summed E-state index contributed by atoms with van der Waals surface area (Å²) in [4.78, 5) is 38.8. The van der Waals surface area contributed by atoms with Gasteiger partial charge in [0, 0.05) is 12.5 Å². The summed E-state index contributed by atoms with van der Waals surface area (Å²) in [6.45, 7) is 11.5. The summed E-state index contributed by atoms with van der Waals surface area (Å²) in [5.74, 6) is -0.824. The van der Waals surface area contributed by atoms with Crippen LogP contribution in [0.3, 0.4) is 0 Å². The van der Waals surface area contributed by atoms with E-state index in [4.69, 9.17) is 9.47 Å². The molecule has 0 aromatic carbocycles. The highest BCUT2D eigenvalue weighted by molar-refractivity contribution is 5.94. The van der Waals surface area contributed by atoms with Gasteiger partial charge in [-0.15, -0.1) is 6.58 Å². The van der Waals surface area contributed by atoms with E-state index in [-0.39, 0.29) is 17.7 Å². The van der Waals surface area contributed by atoms with Gasteiger partial charge < -0.3 is 14.8 Å². The van der Waals surface area contributed by atoms with Gasteiger partial charge in [-0.25, -0.2) is 9.59 Å². The summed E-state index contributed by atoms with van der Waals surface area (Å²) in [6.07, 6.45) is 2.12. The molecule has 0 aromatic heterocycles. The smallest absolute Gasteiger partial charge is 0.410 e. The monoisotopic (exact) mass is 352 g/mol. The molecule has 25 heavy (non-hydrogen) atoms. The average Bonchev–Trinajstić information content (AvgIpc) is 3.07. The topological polar surface area (TPSA) is 84.9 Å². The summed E-state index contributed by atoms with van der Waals surface area (Å²) >= 11 is 0. The number of ether oxygens (including phenoxy) is 2. The van der Waals surface area contributed by atoms with E-state index in [1.807, 2.05) is 6.92 Å². The Balaban J connectivity index is 2.12. The second-order valence-corrected chi connectivity index (χ2v) is 7.99. The van der Waals surface area contributed by atoms with Crippen LogP contribution < -0.4 is 5.32 Å². The van der Waals surface area contributed by atoms with Crippen LogP contribution in [0.4, 0.5) is 4.79 Å². The quantitative estimate of drug-likeness (QED) is 0.617. The molecule has 0 radical (unpaired) electrons. The van der Waals surface area contributed by atoms with Gasteiger partial charge in [0.2, 0.25) is 5.91 Å². The molecule has 2 unspecified atom stereocenters. The number of esters is 1. The van der Waals surface area contributed by atoms with E-state index in [9.17, 15) is 14.4 Å². The van der Waals surface area contributed by atoms with Crippen LogP contribution in [0.5, 0.6) is 0 Å². The van der Waals surface area contributed by atoms with Crippen LogP contribution in [0.15, 0.2) is 12.7 Å². The van der Waals surface area contributed by atoms with Crippen molar-refractivity contribution in [3.63, 3.8) is 0 Å². The first-order chi connectivity index (χ1) is 11.5. The van der Waals surface area contributed by atoms with E-state index in [2.05, 4.69) is 11.9 Å². The Morgan fingerprint density at radius 3 is 2.44 bits per heavy atom. The van der Waals surface area contributed by atoms with E-state index in [0.717, 1.165) is 0 Å². The van der Waals surface area contributed by atoms with Crippen molar-refractivity contribution in [3.05, 3.63) is 12.7 Å². The molecule has 140 valence electrons. The SMILES string of the molecule is C=CC1CC1(NC(=O)[C@@H]1C[C@@H](C)CN1C(=O)OC(C)(C)C)C(=O)OC. The third-order valence-electron chi connectivity index (χ3n) is 4.64. The Morgan fingerprint density at radius 2 is 1.96 bits per heavy atom. The van der Waals surface area contributed by atoms with Crippen LogP contribution in [0, 0.1) is 11.8 Å². The van der Waals surface area contributed by atoms with E-state index < -0.39 is 29.2 Å². The number of nitrogens with zero attached hydrogens (tertiary/aromatic N) is 1. The Bertz CT molecular complexity index is 583. The van der Waals surface area contributed by atoms with Crippen molar-refractivity contribution in [1.29, 1.82) is 0 Å². The van der Waals surface area contributed by atoms with Gasteiger partial charge >= 0.3 is 12.1 Å². The number of rotatable bonds is 4. The molecule has 0 spiro atoms. The van der Waals surface area contributed by atoms with Crippen molar-refractivity contribution in [2.75, 3.05) is 13.7 Å². The first-order valence-electron chi connectivity index (χ1n) is 8.56. The molecule has 0 bridgehead atoms. The maximum Gasteiger partial charge on any atom is 0.410 e. The van der Waals surface area contributed by atoms with E-state index in [1.165, 1.54) is 12.0 Å². The Morgan fingerprint density at radius 1 is 1.32 bits per heavy atom. The number of hydrogen-bond donors (Lipinski definition) is 1. The van der Waals surface area contributed by atoms with Crippen molar-refractivity contribution in [3.8, 4) is 0 Å². The zero-order valence-electron chi connectivity index (χ0n) is 15.6. The molecule has 1 aliphatic heterocycles. The number of likely N-dealkylation sites (tertiary alicyclic amines) is 1. The van der Waals surface area contributed by atoms with Gasteiger partial charge in [-0.05, 0) is 39.5 Å². The Labute approximate surface area is 148 Å². The fraction of sp³-hybridized carbons (Fsp3) is 0.722. The number of methoxy groups -OCH3 is 1. The second kappa shape index (κ2) is 6.69. The molecule has 7 nitrogen and oxygen atoms in total. The Kier molecular flexibility index (Phi) is 5.16. The lowest BCUT2D eigenvalue weighted by Gasteiger charge is -2.29. The van der Waals surface area contributed by atoms with Crippen molar-refractivity contribution in [2.45, 2.75) is 57.7 Å². The molecule has 0 aromatic rings. The molecule has 1 saturated carbocycles. The van der Waals surface area contributed by atoms with E-state index in [0.29, 0.717) is 19.4 Å². The average molecular weight is 352 g/mol. The van der Waals surface area contributed by atoms with Gasteiger partial charge in [0.1, 0.15) is 17.2 Å². The zero-order valence-corrected chi connectivity index (χ0v) is 15.6. The molecular formula is C18H28N2O5. The maximum absolute atomic E-state index is 12.8. The molecule has 1 aliphatic carbocycles. The summed E-state index contributed by atoms with van der Waals surface area (Å²) in [5, 5.41) is 2.80. The molecule has 2 rings (SSSR count). The number of carbonyl (C=O) groups excluding carboxylic acids is 3. The molecule has 2 fully saturated rings. The van der Waals surface area contributed by atoms with Crippen molar-refractivity contribution in [2.24, 2.45) is 11.8 Å². The maximum atomic E-state index is 12.8. The van der Waals surface area contributed by atoms with E-state index in [1.54, 1.807) is 26.8 Å².